The third kappa shape index (κ3) is 3.10. The van der Waals surface area contributed by atoms with Gasteiger partial charge in [-0.25, -0.2) is 8.42 Å². The molecule has 0 spiro atoms. The smallest absolute Gasteiger partial charge is 0.280 e. The van der Waals surface area contributed by atoms with Gasteiger partial charge >= 0.3 is 6.18 Å². The molecule has 0 atom stereocenters. The van der Waals surface area contributed by atoms with Crippen molar-refractivity contribution in [2.45, 2.75) is 11.1 Å². The van der Waals surface area contributed by atoms with Gasteiger partial charge in [-0.15, -0.1) is 0 Å². The lowest BCUT2D eigenvalue weighted by molar-refractivity contribution is -0.137. The van der Waals surface area contributed by atoms with Crippen molar-refractivity contribution in [1.82, 2.24) is 9.78 Å². The summed E-state index contributed by atoms with van der Waals surface area (Å²) in [6.07, 6.45) is -2.18. The van der Waals surface area contributed by atoms with Crippen molar-refractivity contribution >= 4 is 15.7 Å². The molecule has 1 heterocycles. The van der Waals surface area contributed by atoms with Gasteiger partial charge < -0.3 is 0 Å². The number of nitrogens with one attached hydrogen (secondary N) is 1. The third-order valence-corrected chi connectivity index (χ3v) is 3.77. The Morgan fingerprint density at radius 3 is 2.55 bits per heavy atom. The van der Waals surface area contributed by atoms with E-state index in [9.17, 15) is 21.6 Å². The molecule has 20 heavy (non-hydrogen) atoms. The summed E-state index contributed by atoms with van der Waals surface area (Å²) in [5.74, 6) is 0. The first-order valence-electron chi connectivity index (χ1n) is 5.37. The topological polar surface area (TPSA) is 64.0 Å². The van der Waals surface area contributed by atoms with E-state index in [1.54, 1.807) is 0 Å². The molecule has 0 fully saturated rings. The molecule has 0 unspecified atom stereocenters. The summed E-state index contributed by atoms with van der Waals surface area (Å²) in [6.45, 7) is 0. The molecule has 5 nitrogen and oxygen atoms in total. The fraction of sp³-hybridized carbons (Fsp3) is 0.182. The number of sulfonamides is 1. The Hall–Kier alpha value is -2.03. The molecule has 0 radical (unpaired) electrons. The molecule has 0 amide bonds. The summed E-state index contributed by atoms with van der Waals surface area (Å²) in [4.78, 5) is -0.127. The van der Waals surface area contributed by atoms with Gasteiger partial charge in [0.15, 0.2) is 0 Å². The Balaban J connectivity index is 2.31. The summed E-state index contributed by atoms with van der Waals surface area (Å²) in [7, 11) is -2.42. The molecule has 0 aliphatic rings. The van der Waals surface area contributed by atoms with Crippen LogP contribution in [0.15, 0.2) is 41.6 Å². The fourth-order valence-electron chi connectivity index (χ4n) is 1.51. The molecule has 1 N–H and O–H groups in total. The van der Waals surface area contributed by atoms with Gasteiger partial charge in [-0.2, -0.15) is 18.3 Å². The summed E-state index contributed by atoms with van der Waals surface area (Å²) in [5.41, 5.74) is -1.09. The second kappa shape index (κ2) is 4.82. The Bertz CT molecular complexity index is 723. The maximum atomic E-state index is 12.5. The van der Waals surface area contributed by atoms with Gasteiger partial charge in [-0.05, 0) is 18.2 Å². The van der Waals surface area contributed by atoms with E-state index in [1.807, 2.05) is 0 Å². The highest BCUT2D eigenvalue weighted by Gasteiger charge is 2.30. The first-order valence-corrected chi connectivity index (χ1v) is 6.85. The van der Waals surface area contributed by atoms with E-state index in [0.29, 0.717) is 0 Å². The average molecular weight is 305 g/mol. The van der Waals surface area contributed by atoms with Crippen molar-refractivity contribution in [3.8, 4) is 0 Å². The lowest BCUT2D eigenvalue weighted by Gasteiger charge is -2.10. The zero-order valence-corrected chi connectivity index (χ0v) is 11.0. The molecule has 1 aromatic heterocycles. The van der Waals surface area contributed by atoms with Gasteiger partial charge in [0.2, 0.25) is 0 Å². The predicted octanol–water partition coefficient (Wildman–Crippen LogP) is 2.24. The minimum Gasteiger partial charge on any atom is -0.280 e. The molecular formula is C11H10F3N3O2S. The highest BCUT2D eigenvalue weighted by Crippen LogP contribution is 2.31. The Morgan fingerprint density at radius 1 is 1.30 bits per heavy atom. The van der Waals surface area contributed by atoms with Gasteiger partial charge in [-0.1, -0.05) is 6.07 Å². The number of alkyl halides is 3. The molecule has 9 heteroatoms. The molecule has 2 aromatic rings. The molecule has 108 valence electrons. The van der Waals surface area contributed by atoms with Crippen LogP contribution in [0.25, 0.3) is 0 Å². The maximum Gasteiger partial charge on any atom is 0.416 e. The van der Waals surface area contributed by atoms with Gasteiger partial charge in [0.1, 0.15) is 4.90 Å². The normalized spacial score (nSPS) is 12.4. The number of anilines is 1. The number of hydrogen-bond donors (Lipinski definition) is 1. The zero-order valence-electron chi connectivity index (χ0n) is 10.2. The molecule has 0 bridgehead atoms. The quantitative estimate of drug-likeness (QED) is 0.946. The molecule has 0 saturated carbocycles. The van der Waals surface area contributed by atoms with E-state index in [4.69, 9.17) is 0 Å². The molecule has 0 aliphatic heterocycles. The standard InChI is InChI=1S/C11H10F3N3O2S/c1-17-7-10(6-15-17)20(18,19)16-9-4-2-3-8(5-9)11(12,13)14/h2-7,16H,1H3. The second-order valence-electron chi connectivity index (χ2n) is 4.03. The van der Waals surface area contributed by atoms with E-state index in [-0.39, 0.29) is 10.6 Å². The maximum absolute atomic E-state index is 12.5. The van der Waals surface area contributed by atoms with Crippen LogP contribution >= 0.6 is 0 Å². The fourth-order valence-corrected chi connectivity index (χ4v) is 2.54. The number of halogens is 3. The molecular weight excluding hydrogens is 295 g/mol. The summed E-state index contributed by atoms with van der Waals surface area (Å²) in [5, 5.41) is 3.70. The van der Waals surface area contributed by atoms with Crippen LogP contribution in [0, 0.1) is 0 Å². The Morgan fingerprint density at radius 2 is 2.00 bits per heavy atom. The van der Waals surface area contributed by atoms with E-state index < -0.39 is 21.8 Å². The molecule has 0 saturated heterocycles. The van der Waals surface area contributed by atoms with Gasteiger partial charge in [0.05, 0.1) is 11.8 Å². The third-order valence-electron chi connectivity index (χ3n) is 2.43. The largest absolute Gasteiger partial charge is 0.416 e. The van der Waals surface area contributed by atoms with Crippen molar-refractivity contribution in [3.05, 3.63) is 42.2 Å². The van der Waals surface area contributed by atoms with E-state index >= 15 is 0 Å². The van der Waals surface area contributed by atoms with Crippen molar-refractivity contribution in [2.75, 3.05) is 4.72 Å². The Kier molecular flexibility index (Phi) is 3.46. The van der Waals surface area contributed by atoms with Crippen LogP contribution in [0.4, 0.5) is 18.9 Å². The lowest BCUT2D eigenvalue weighted by Crippen LogP contribution is -2.13. The van der Waals surface area contributed by atoms with Crippen LogP contribution in [0.1, 0.15) is 5.56 Å². The van der Waals surface area contributed by atoms with Crippen LogP contribution in [-0.2, 0) is 23.2 Å². The Labute approximate surface area is 113 Å². The summed E-state index contributed by atoms with van der Waals surface area (Å²) >= 11 is 0. The van der Waals surface area contributed by atoms with Crippen molar-refractivity contribution in [2.24, 2.45) is 7.05 Å². The molecule has 0 aliphatic carbocycles. The van der Waals surface area contributed by atoms with Crippen LogP contribution in [0.2, 0.25) is 0 Å². The van der Waals surface area contributed by atoms with Gasteiger partial charge in [0.25, 0.3) is 10.0 Å². The number of benzene rings is 1. The van der Waals surface area contributed by atoms with Crippen LogP contribution in [0.3, 0.4) is 0 Å². The monoisotopic (exact) mass is 305 g/mol. The first kappa shape index (κ1) is 14.4. The average Bonchev–Trinajstić information content (AvgIpc) is 2.75. The first-order chi connectivity index (χ1) is 9.18. The minimum absolute atomic E-state index is 0.127. The zero-order chi connectivity index (χ0) is 15.0. The van der Waals surface area contributed by atoms with E-state index in [0.717, 1.165) is 24.4 Å². The lowest BCUT2D eigenvalue weighted by atomic mass is 10.2. The summed E-state index contributed by atoms with van der Waals surface area (Å²) in [6, 6.07) is 3.96. The van der Waals surface area contributed by atoms with Gasteiger partial charge in [-0.3, -0.25) is 9.40 Å². The van der Waals surface area contributed by atoms with Crippen molar-refractivity contribution in [3.63, 3.8) is 0 Å². The van der Waals surface area contributed by atoms with Crippen molar-refractivity contribution < 1.29 is 21.6 Å². The highest BCUT2D eigenvalue weighted by atomic mass is 32.2. The van der Waals surface area contributed by atoms with E-state index in [1.165, 1.54) is 24.0 Å². The van der Waals surface area contributed by atoms with Crippen molar-refractivity contribution in [1.29, 1.82) is 0 Å². The molecule has 2 rings (SSSR count). The minimum atomic E-state index is -4.53. The highest BCUT2D eigenvalue weighted by molar-refractivity contribution is 7.92. The summed E-state index contributed by atoms with van der Waals surface area (Å²) < 4.78 is 64.8. The number of hydrogen-bond acceptors (Lipinski definition) is 3. The predicted molar refractivity (Wildman–Crippen MR) is 65.5 cm³/mol. The van der Waals surface area contributed by atoms with Crippen LogP contribution in [-0.4, -0.2) is 18.2 Å². The molecule has 1 aromatic carbocycles. The van der Waals surface area contributed by atoms with E-state index in [2.05, 4.69) is 9.82 Å². The van der Waals surface area contributed by atoms with Crippen LogP contribution in [0.5, 0.6) is 0 Å². The number of aryl methyl sites for hydroxylation is 1. The van der Waals surface area contributed by atoms with Crippen LogP contribution < -0.4 is 4.72 Å². The van der Waals surface area contributed by atoms with Gasteiger partial charge in [0, 0.05) is 18.9 Å². The second-order valence-corrected chi connectivity index (χ2v) is 5.72. The number of rotatable bonds is 3. The number of aromatic nitrogens is 2. The SMILES string of the molecule is Cn1cc(S(=O)(=O)Nc2cccc(C(F)(F)F)c2)cn1. The number of nitrogens with zero attached hydrogens (tertiary/aromatic N) is 2.